The number of benzene rings is 2. The molecule has 2 aromatic carbocycles. The first-order valence-corrected chi connectivity index (χ1v) is 10.0. The third-order valence-corrected chi connectivity index (χ3v) is 5.20. The first-order chi connectivity index (χ1) is 14.4. The first kappa shape index (κ1) is 21.3. The highest BCUT2D eigenvalue weighted by Gasteiger charge is 2.37. The Kier molecular flexibility index (Phi) is 6.67. The molecule has 1 N–H and O–H groups in total. The Balaban J connectivity index is 1.61. The van der Waals surface area contributed by atoms with Gasteiger partial charge in [0, 0.05) is 24.0 Å². The van der Waals surface area contributed by atoms with Gasteiger partial charge >= 0.3 is 5.97 Å². The SMILES string of the molecule is CCOC(=O)/C=C/c1ccc(NC(=O)C2CCN(c3ccc(C)c(C)c3)C2=O)cc1. The molecular weight excluding hydrogens is 380 g/mol. The van der Waals surface area contributed by atoms with Crippen LogP contribution in [-0.4, -0.2) is 30.9 Å². The summed E-state index contributed by atoms with van der Waals surface area (Å²) in [6, 6.07) is 12.9. The average molecular weight is 406 g/mol. The van der Waals surface area contributed by atoms with E-state index in [2.05, 4.69) is 5.32 Å². The summed E-state index contributed by atoms with van der Waals surface area (Å²) in [6.45, 7) is 6.64. The fourth-order valence-corrected chi connectivity index (χ4v) is 3.33. The molecule has 0 aliphatic carbocycles. The number of nitrogens with one attached hydrogen (secondary N) is 1. The second kappa shape index (κ2) is 9.39. The van der Waals surface area contributed by atoms with E-state index in [9.17, 15) is 14.4 Å². The second-order valence-corrected chi connectivity index (χ2v) is 7.30. The van der Waals surface area contributed by atoms with Crippen LogP contribution < -0.4 is 10.2 Å². The van der Waals surface area contributed by atoms with Gasteiger partial charge in [-0.3, -0.25) is 9.59 Å². The molecule has 1 atom stereocenters. The Hall–Kier alpha value is -3.41. The number of hydrogen-bond donors (Lipinski definition) is 1. The average Bonchev–Trinajstić information content (AvgIpc) is 3.11. The Labute approximate surface area is 176 Å². The molecule has 0 spiro atoms. The predicted molar refractivity (Wildman–Crippen MR) is 117 cm³/mol. The number of anilines is 2. The molecule has 1 aliphatic rings. The number of aryl methyl sites for hydroxylation is 2. The van der Waals surface area contributed by atoms with E-state index in [1.54, 1.807) is 42.2 Å². The summed E-state index contributed by atoms with van der Waals surface area (Å²) in [7, 11) is 0. The lowest BCUT2D eigenvalue weighted by Crippen LogP contribution is -2.33. The lowest BCUT2D eigenvalue weighted by atomic mass is 10.1. The number of nitrogens with zero attached hydrogens (tertiary/aromatic N) is 1. The fraction of sp³-hybridized carbons (Fsp3) is 0.292. The lowest BCUT2D eigenvalue weighted by molar-refractivity contribution is -0.137. The number of carbonyl (C=O) groups excluding carboxylic acids is 3. The lowest BCUT2D eigenvalue weighted by Gasteiger charge is -2.18. The van der Waals surface area contributed by atoms with Gasteiger partial charge in [0.25, 0.3) is 0 Å². The maximum atomic E-state index is 12.8. The standard InChI is InChI=1S/C24H26N2O4/c1-4-30-22(27)12-8-18-6-9-19(10-7-18)25-23(28)21-13-14-26(24(21)29)20-11-5-16(2)17(3)15-20/h5-12,15,21H,4,13-14H2,1-3H3,(H,25,28)/b12-8+. The summed E-state index contributed by atoms with van der Waals surface area (Å²) >= 11 is 0. The molecule has 1 heterocycles. The zero-order chi connectivity index (χ0) is 21.7. The van der Waals surface area contributed by atoms with Crippen LogP contribution in [0.1, 0.15) is 30.0 Å². The zero-order valence-electron chi connectivity index (χ0n) is 17.5. The third-order valence-electron chi connectivity index (χ3n) is 5.20. The summed E-state index contributed by atoms with van der Waals surface area (Å²) in [6.07, 6.45) is 3.49. The summed E-state index contributed by atoms with van der Waals surface area (Å²) in [5.41, 5.74) is 4.52. The van der Waals surface area contributed by atoms with Gasteiger partial charge in [0.15, 0.2) is 0 Å². The number of esters is 1. The Morgan fingerprint density at radius 2 is 1.87 bits per heavy atom. The van der Waals surface area contributed by atoms with Crippen LogP contribution in [0.15, 0.2) is 48.5 Å². The van der Waals surface area contributed by atoms with Gasteiger partial charge in [-0.15, -0.1) is 0 Å². The van der Waals surface area contributed by atoms with E-state index < -0.39 is 11.9 Å². The molecule has 0 radical (unpaired) electrons. The Morgan fingerprint density at radius 3 is 2.53 bits per heavy atom. The Morgan fingerprint density at radius 1 is 1.13 bits per heavy atom. The largest absolute Gasteiger partial charge is 0.463 e. The van der Waals surface area contributed by atoms with Gasteiger partial charge in [-0.25, -0.2) is 4.79 Å². The van der Waals surface area contributed by atoms with Crippen molar-refractivity contribution in [1.29, 1.82) is 0 Å². The van der Waals surface area contributed by atoms with Gasteiger partial charge in [-0.2, -0.15) is 0 Å². The van der Waals surface area contributed by atoms with Crippen LogP contribution in [0.2, 0.25) is 0 Å². The molecular formula is C24H26N2O4. The number of ether oxygens (including phenoxy) is 1. The van der Waals surface area contributed by atoms with Crippen molar-refractivity contribution in [2.45, 2.75) is 27.2 Å². The summed E-state index contributed by atoms with van der Waals surface area (Å²) in [5, 5.41) is 2.82. The fourth-order valence-electron chi connectivity index (χ4n) is 3.33. The van der Waals surface area contributed by atoms with E-state index in [-0.39, 0.29) is 11.8 Å². The number of hydrogen-bond acceptors (Lipinski definition) is 4. The molecule has 0 aromatic heterocycles. The van der Waals surface area contributed by atoms with Gasteiger partial charge in [-0.05, 0) is 74.2 Å². The van der Waals surface area contributed by atoms with Crippen LogP contribution in [0.25, 0.3) is 6.08 Å². The quantitative estimate of drug-likeness (QED) is 0.449. The van der Waals surface area contributed by atoms with Crippen LogP contribution >= 0.6 is 0 Å². The van der Waals surface area contributed by atoms with Crippen LogP contribution in [0, 0.1) is 19.8 Å². The smallest absolute Gasteiger partial charge is 0.330 e. The predicted octanol–water partition coefficient (Wildman–Crippen LogP) is 3.87. The monoisotopic (exact) mass is 406 g/mol. The number of rotatable bonds is 6. The molecule has 1 saturated heterocycles. The van der Waals surface area contributed by atoms with Crippen LogP contribution in [-0.2, 0) is 19.1 Å². The number of amides is 2. The second-order valence-electron chi connectivity index (χ2n) is 7.30. The number of carbonyl (C=O) groups is 3. The van der Waals surface area contributed by atoms with E-state index in [1.807, 2.05) is 32.0 Å². The molecule has 6 nitrogen and oxygen atoms in total. The van der Waals surface area contributed by atoms with Crippen LogP contribution in [0.3, 0.4) is 0 Å². The summed E-state index contributed by atoms with van der Waals surface area (Å²) in [5.74, 6) is -1.58. The molecule has 2 aromatic rings. The molecule has 0 bridgehead atoms. The van der Waals surface area contributed by atoms with Crippen molar-refractivity contribution in [2.24, 2.45) is 5.92 Å². The maximum absolute atomic E-state index is 12.8. The molecule has 1 aliphatic heterocycles. The minimum Gasteiger partial charge on any atom is -0.463 e. The molecule has 0 saturated carbocycles. The molecule has 2 amide bonds. The highest BCUT2D eigenvalue weighted by atomic mass is 16.5. The van der Waals surface area contributed by atoms with Crippen LogP contribution in [0.4, 0.5) is 11.4 Å². The van der Waals surface area contributed by atoms with Crippen molar-refractivity contribution in [3.05, 3.63) is 65.2 Å². The van der Waals surface area contributed by atoms with Crippen molar-refractivity contribution in [2.75, 3.05) is 23.4 Å². The molecule has 156 valence electrons. The van der Waals surface area contributed by atoms with Crippen molar-refractivity contribution in [3.8, 4) is 0 Å². The molecule has 1 fully saturated rings. The van der Waals surface area contributed by atoms with E-state index in [0.717, 1.165) is 16.8 Å². The normalized spacial score (nSPS) is 16.2. The summed E-state index contributed by atoms with van der Waals surface area (Å²) < 4.78 is 4.84. The van der Waals surface area contributed by atoms with E-state index >= 15 is 0 Å². The van der Waals surface area contributed by atoms with Crippen molar-refractivity contribution in [1.82, 2.24) is 0 Å². The highest BCUT2D eigenvalue weighted by Crippen LogP contribution is 2.28. The van der Waals surface area contributed by atoms with Gasteiger partial charge in [0.05, 0.1) is 6.61 Å². The topological polar surface area (TPSA) is 75.7 Å². The van der Waals surface area contributed by atoms with Gasteiger partial charge < -0.3 is 15.0 Å². The van der Waals surface area contributed by atoms with E-state index in [0.29, 0.717) is 25.3 Å². The molecule has 6 heteroatoms. The minimum absolute atomic E-state index is 0.176. The van der Waals surface area contributed by atoms with Gasteiger partial charge in [-0.1, -0.05) is 18.2 Å². The van der Waals surface area contributed by atoms with Crippen molar-refractivity contribution >= 4 is 35.2 Å². The molecule has 1 unspecified atom stereocenters. The maximum Gasteiger partial charge on any atom is 0.330 e. The Bertz CT molecular complexity index is 979. The third kappa shape index (κ3) is 4.95. The minimum atomic E-state index is -0.699. The van der Waals surface area contributed by atoms with E-state index in [4.69, 9.17) is 4.74 Å². The molecule has 30 heavy (non-hydrogen) atoms. The first-order valence-electron chi connectivity index (χ1n) is 10.0. The highest BCUT2D eigenvalue weighted by molar-refractivity contribution is 6.13. The van der Waals surface area contributed by atoms with E-state index in [1.165, 1.54) is 11.6 Å². The van der Waals surface area contributed by atoms with Gasteiger partial charge in [0.1, 0.15) is 5.92 Å². The summed E-state index contributed by atoms with van der Waals surface area (Å²) in [4.78, 5) is 38.5. The van der Waals surface area contributed by atoms with Crippen molar-refractivity contribution < 1.29 is 19.1 Å². The van der Waals surface area contributed by atoms with Crippen molar-refractivity contribution in [3.63, 3.8) is 0 Å². The zero-order valence-corrected chi connectivity index (χ0v) is 17.5. The van der Waals surface area contributed by atoms with Gasteiger partial charge in [0.2, 0.25) is 11.8 Å². The molecule has 3 rings (SSSR count). The van der Waals surface area contributed by atoms with Crippen LogP contribution in [0.5, 0.6) is 0 Å².